The van der Waals surface area contributed by atoms with E-state index in [0.717, 1.165) is 0 Å². The van der Waals surface area contributed by atoms with Gasteiger partial charge in [-0.1, -0.05) is 0 Å². The standard InChI is InChI=1S/C5H11N3O/c1-9-8-5-3-7-2-4(5)6/h3-5,8H,2,6H2,1H3. The molecule has 0 spiro atoms. The summed E-state index contributed by atoms with van der Waals surface area (Å²) in [5.74, 6) is 0. The van der Waals surface area contributed by atoms with Gasteiger partial charge < -0.3 is 10.6 Å². The molecule has 0 fully saturated rings. The molecule has 1 rings (SSSR count). The minimum atomic E-state index is 0.0740. The van der Waals surface area contributed by atoms with Crippen LogP contribution >= 0.6 is 0 Å². The van der Waals surface area contributed by atoms with Crippen LogP contribution in [0.4, 0.5) is 0 Å². The largest absolute Gasteiger partial charge is 0.324 e. The average Bonchev–Trinajstić information content (AvgIpc) is 2.18. The van der Waals surface area contributed by atoms with E-state index in [4.69, 9.17) is 5.73 Å². The van der Waals surface area contributed by atoms with Gasteiger partial charge in [0.05, 0.1) is 19.7 Å². The molecule has 4 nitrogen and oxygen atoms in total. The van der Waals surface area contributed by atoms with Gasteiger partial charge in [-0.2, -0.15) is 5.48 Å². The summed E-state index contributed by atoms with van der Waals surface area (Å²) in [6, 6.07) is 0.167. The maximum absolute atomic E-state index is 5.60. The second-order valence-electron chi connectivity index (χ2n) is 2.03. The summed E-state index contributed by atoms with van der Waals surface area (Å²) in [5, 5.41) is 0. The smallest absolute Gasteiger partial charge is 0.0838 e. The summed E-state index contributed by atoms with van der Waals surface area (Å²) < 4.78 is 0. The van der Waals surface area contributed by atoms with E-state index in [0.29, 0.717) is 6.54 Å². The number of nitrogens with one attached hydrogen (secondary N) is 1. The number of hydrogen-bond acceptors (Lipinski definition) is 4. The van der Waals surface area contributed by atoms with Crippen LogP contribution in [0.3, 0.4) is 0 Å². The van der Waals surface area contributed by atoms with Crippen LogP contribution < -0.4 is 11.2 Å². The molecule has 1 aliphatic heterocycles. The van der Waals surface area contributed by atoms with Gasteiger partial charge in [0.2, 0.25) is 0 Å². The molecule has 0 aromatic rings. The van der Waals surface area contributed by atoms with Gasteiger partial charge >= 0.3 is 0 Å². The van der Waals surface area contributed by atoms with Gasteiger partial charge in [-0.3, -0.25) is 4.99 Å². The van der Waals surface area contributed by atoms with Gasteiger partial charge in [-0.25, -0.2) is 0 Å². The maximum atomic E-state index is 5.60. The third-order valence-electron chi connectivity index (χ3n) is 1.30. The topological polar surface area (TPSA) is 59.6 Å². The van der Waals surface area contributed by atoms with Crippen LogP contribution in [-0.2, 0) is 4.84 Å². The molecule has 0 amide bonds. The molecule has 9 heavy (non-hydrogen) atoms. The third-order valence-corrected chi connectivity index (χ3v) is 1.30. The summed E-state index contributed by atoms with van der Waals surface area (Å²) in [5.41, 5.74) is 8.32. The molecule has 0 radical (unpaired) electrons. The maximum Gasteiger partial charge on any atom is 0.0838 e. The summed E-state index contributed by atoms with van der Waals surface area (Å²) in [7, 11) is 1.57. The summed E-state index contributed by atoms with van der Waals surface area (Å²) in [4.78, 5) is 8.65. The number of rotatable bonds is 2. The van der Waals surface area contributed by atoms with Gasteiger partial charge in [0.15, 0.2) is 0 Å². The zero-order valence-corrected chi connectivity index (χ0v) is 5.37. The summed E-state index contributed by atoms with van der Waals surface area (Å²) >= 11 is 0. The molecule has 4 heteroatoms. The lowest BCUT2D eigenvalue weighted by atomic mass is 10.2. The third kappa shape index (κ3) is 1.48. The van der Waals surface area contributed by atoms with E-state index in [-0.39, 0.29) is 12.1 Å². The zero-order valence-electron chi connectivity index (χ0n) is 5.37. The first-order valence-electron chi connectivity index (χ1n) is 2.88. The molecular weight excluding hydrogens is 118 g/mol. The predicted octanol–water partition coefficient (Wildman–Crippen LogP) is -1.08. The Labute approximate surface area is 54.0 Å². The fraction of sp³-hybridized carbons (Fsp3) is 0.800. The van der Waals surface area contributed by atoms with Gasteiger partial charge in [0.25, 0.3) is 0 Å². The van der Waals surface area contributed by atoms with E-state index in [1.54, 1.807) is 13.3 Å². The summed E-state index contributed by atoms with van der Waals surface area (Å²) in [6.45, 7) is 0.695. The molecule has 0 bridgehead atoms. The number of hydroxylamine groups is 1. The number of nitrogens with two attached hydrogens (primary N) is 1. The SMILES string of the molecule is CONC1C=NCC1N. The van der Waals surface area contributed by atoms with E-state index >= 15 is 0 Å². The van der Waals surface area contributed by atoms with Crippen LogP contribution in [0.15, 0.2) is 4.99 Å². The van der Waals surface area contributed by atoms with Gasteiger partial charge in [-0.05, 0) is 0 Å². The second kappa shape index (κ2) is 2.91. The van der Waals surface area contributed by atoms with Gasteiger partial charge in [-0.15, -0.1) is 0 Å². The lowest BCUT2D eigenvalue weighted by molar-refractivity contribution is 0.0760. The molecule has 2 unspecified atom stereocenters. The first-order chi connectivity index (χ1) is 4.34. The lowest BCUT2D eigenvalue weighted by Gasteiger charge is -2.11. The van der Waals surface area contributed by atoms with Crippen molar-refractivity contribution >= 4 is 6.21 Å². The van der Waals surface area contributed by atoms with Crippen molar-refractivity contribution in [2.24, 2.45) is 10.7 Å². The van der Waals surface area contributed by atoms with E-state index in [9.17, 15) is 0 Å². The average molecular weight is 129 g/mol. The highest BCUT2D eigenvalue weighted by molar-refractivity contribution is 5.67. The van der Waals surface area contributed by atoms with Crippen LogP contribution in [-0.4, -0.2) is 32.0 Å². The van der Waals surface area contributed by atoms with E-state index in [1.807, 2.05) is 0 Å². The van der Waals surface area contributed by atoms with Crippen LogP contribution in [0, 0.1) is 0 Å². The molecule has 0 saturated heterocycles. The summed E-state index contributed by atoms with van der Waals surface area (Å²) in [6.07, 6.45) is 1.77. The Balaban J connectivity index is 2.31. The quantitative estimate of drug-likeness (QED) is 0.466. The molecule has 2 atom stereocenters. The van der Waals surface area contributed by atoms with Crippen molar-refractivity contribution in [2.75, 3.05) is 13.7 Å². The van der Waals surface area contributed by atoms with Crippen molar-refractivity contribution in [2.45, 2.75) is 12.1 Å². The Morgan fingerprint density at radius 3 is 3.11 bits per heavy atom. The van der Waals surface area contributed by atoms with Gasteiger partial charge in [0.1, 0.15) is 0 Å². The highest BCUT2D eigenvalue weighted by Gasteiger charge is 2.18. The molecule has 0 aromatic heterocycles. The molecule has 52 valence electrons. The molecule has 0 saturated carbocycles. The lowest BCUT2D eigenvalue weighted by Crippen LogP contribution is -2.43. The van der Waals surface area contributed by atoms with Crippen molar-refractivity contribution in [1.82, 2.24) is 5.48 Å². The number of aliphatic imine (C=N–C) groups is 1. The zero-order chi connectivity index (χ0) is 6.69. The van der Waals surface area contributed by atoms with Crippen LogP contribution in [0.2, 0.25) is 0 Å². The number of hydrogen-bond donors (Lipinski definition) is 2. The fourth-order valence-corrected chi connectivity index (χ4v) is 0.774. The molecule has 0 aromatic carbocycles. The molecule has 3 N–H and O–H groups in total. The second-order valence-corrected chi connectivity index (χ2v) is 2.03. The van der Waals surface area contributed by atoms with Crippen LogP contribution in [0.25, 0.3) is 0 Å². The highest BCUT2D eigenvalue weighted by atomic mass is 16.6. The monoisotopic (exact) mass is 129 g/mol. The Bertz CT molecular complexity index is 115. The highest BCUT2D eigenvalue weighted by Crippen LogP contribution is 1.95. The van der Waals surface area contributed by atoms with E-state index < -0.39 is 0 Å². The van der Waals surface area contributed by atoms with Crippen molar-refractivity contribution in [3.05, 3.63) is 0 Å². The Morgan fingerprint density at radius 1 is 1.89 bits per heavy atom. The molecule has 1 heterocycles. The molecular formula is C5H11N3O. The van der Waals surface area contributed by atoms with Crippen molar-refractivity contribution in [3.63, 3.8) is 0 Å². The normalized spacial score (nSPS) is 33.6. The van der Waals surface area contributed by atoms with Gasteiger partial charge in [0, 0.05) is 12.3 Å². The van der Waals surface area contributed by atoms with Crippen molar-refractivity contribution in [1.29, 1.82) is 0 Å². The Morgan fingerprint density at radius 2 is 2.67 bits per heavy atom. The van der Waals surface area contributed by atoms with Crippen molar-refractivity contribution in [3.8, 4) is 0 Å². The molecule has 0 aliphatic carbocycles. The van der Waals surface area contributed by atoms with Crippen LogP contribution in [0.1, 0.15) is 0 Å². The Hall–Kier alpha value is -0.450. The fourth-order valence-electron chi connectivity index (χ4n) is 0.774. The predicted molar refractivity (Wildman–Crippen MR) is 35.3 cm³/mol. The minimum Gasteiger partial charge on any atom is -0.324 e. The minimum absolute atomic E-state index is 0.0740. The first kappa shape index (κ1) is 6.67. The van der Waals surface area contributed by atoms with E-state index in [1.165, 1.54) is 0 Å². The van der Waals surface area contributed by atoms with Crippen LogP contribution in [0.5, 0.6) is 0 Å². The van der Waals surface area contributed by atoms with E-state index in [2.05, 4.69) is 15.3 Å². The Kier molecular flexibility index (Phi) is 2.16. The molecule has 1 aliphatic rings. The van der Waals surface area contributed by atoms with Crippen molar-refractivity contribution < 1.29 is 4.84 Å². The number of nitrogens with zero attached hydrogens (tertiary/aromatic N) is 1. The first-order valence-corrected chi connectivity index (χ1v) is 2.88.